The molecular weight excluding hydrogens is 266 g/mol. The molecule has 1 fully saturated rings. The normalized spacial score (nSPS) is 18.8. The minimum atomic E-state index is -0.725. The molecule has 114 valence electrons. The predicted octanol–water partition coefficient (Wildman–Crippen LogP) is 2.49. The largest absolute Gasteiger partial charge is 0.481 e. The van der Waals surface area contributed by atoms with Gasteiger partial charge in [-0.2, -0.15) is 0 Å². The minimum Gasteiger partial charge on any atom is -0.481 e. The van der Waals surface area contributed by atoms with E-state index in [1.165, 1.54) is 24.1 Å². The number of carboxylic acid groups (broad SMARTS) is 1. The minimum absolute atomic E-state index is 0.213. The van der Waals surface area contributed by atoms with Gasteiger partial charge in [-0.3, -0.25) is 4.79 Å². The molecule has 1 saturated heterocycles. The highest BCUT2D eigenvalue weighted by Crippen LogP contribution is 2.31. The highest BCUT2D eigenvalue weighted by molar-refractivity contribution is 5.67. The van der Waals surface area contributed by atoms with Crippen molar-refractivity contribution >= 4 is 11.7 Å². The van der Waals surface area contributed by atoms with Crippen molar-refractivity contribution in [1.29, 1.82) is 0 Å². The lowest BCUT2D eigenvalue weighted by Gasteiger charge is -2.28. The molecule has 0 atom stereocenters. The number of carbonyl (C=O) groups is 1. The predicted molar refractivity (Wildman–Crippen MR) is 81.9 cm³/mol. The van der Waals surface area contributed by atoms with Crippen LogP contribution in [0, 0.1) is 5.92 Å². The fourth-order valence-corrected chi connectivity index (χ4v) is 3.36. The van der Waals surface area contributed by atoms with Crippen LogP contribution < -0.4 is 4.90 Å². The highest BCUT2D eigenvalue weighted by atomic mass is 16.5. The molecular formula is C17H23NO3. The summed E-state index contributed by atoms with van der Waals surface area (Å²) in [5, 5.41) is 8.77. The van der Waals surface area contributed by atoms with Crippen LogP contribution in [0.25, 0.3) is 0 Å². The Morgan fingerprint density at radius 1 is 1.33 bits per heavy atom. The van der Waals surface area contributed by atoms with E-state index in [1.54, 1.807) is 0 Å². The van der Waals surface area contributed by atoms with Crippen molar-refractivity contribution in [3.05, 3.63) is 29.3 Å². The molecule has 1 aromatic rings. The number of aryl methyl sites for hydroxylation is 1. The van der Waals surface area contributed by atoms with Crippen LogP contribution >= 0.6 is 0 Å². The molecule has 0 spiro atoms. The lowest BCUT2D eigenvalue weighted by molar-refractivity contribution is -0.136. The second-order valence-corrected chi connectivity index (χ2v) is 6.11. The van der Waals surface area contributed by atoms with Crippen molar-refractivity contribution in [3.63, 3.8) is 0 Å². The molecule has 0 amide bonds. The summed E-state index contributed by atoms with van der Waals surface area (Å²) in [6, 6.07) is 6.46. The van der Waals surface area contributed by atoms with E-state index in [1.807, 2.05) is 0 Å². The number of ether oxygens (including phenoxy) is 1. The zero-order valence-corrected chi connectivity index (χ0v) is 12.4. The van der Waals surface area contributed by atoms with Crippen molar-refractivity contribution in [2.75, 3.05) is 31.2 Å². The van der Waals surface area contributed by atoms with Gasteiger partial charge in [-0.1, -0.05) is 12.1 Å². The van der Waals surface area contributed by atoms with Gasteiger partial charge in [0.05, 0.1) is 0 Å². The molecule has 0 aromatic heterocycles. The van der Waals surface area contributed by atoms with Crippen LogP contribution in [-0.4, -0.2) is 37.4 Å². The van der Waals surface area contributed by atoms with Crippen LogP contribution in [0.2, 0.25) is 0 Å². The van der Waals surface area contributed by atoms with Gasteiger partial charge >= 0.3 is 5.97 Å². The number of nitrogens with zero attached hydrogens (tertiary/aromatic N) is 1. The molecule has 1 N–H and O–H groups in total. The molecule has 0 radical (unpaired) electrons. The van der Waals surface area contributed by atoms with Gasteiger partial charge in [-0.25, -0.2) is 0 Å². The van der Waals surface area contributed by atoms with Crippen LogP contribution in [-0.2, 0) is 22.4 Å². The monoisotopic (exact) mass is 289 g/mol. The van der Waals surface area contributed by atoms with Gasteiger partial charge in [0, 0.05) is 38.4 Å². The third-order valence-electron chi connectivity index (χ3n) is 4.58. The maximum absolute atomic E-state index is 10.7. The summed E-state index contributed by atoms with van der Waals surface area (Å²) < 4.78 is 5.43. The molecule has 3 rings (SSSR count). The topological polar surface area (TPSA) is 49.8 Å². The SMILES string of the molecule is O=C(O)CCc1ccc2c(c1)CCN2CC1CCOCC1. The summed E-state index contributed by atoms with van der Waals surface area (Å²) in [5.41, 5.74) is 3.87. The molecule has 4 heteroatoms. The smallest absolute Gasteiger partial charge is 0.303 e. The molecule has 2 aliphatic heterocycles. The Labute approximate surface area is 125 Å². The first kappa shape index (κ1) is 14.4. The molecule has 2 heterocycles. The molecule has 1 aromatic carbocycles. The number of fused-ring (bicyclic) bond motifs is 1. The standard InChI is InChI=1S/C17H23NO3/c19-17(20)4-2-13-1-3-16-15(11-13)5-8-18(16)12-14-6-9-21-10-7-14/h1,3,11,14H,2,4-10,12H2,(H,19,20). The van der Waals surface area contributed by atoms with Gasteiger partial charge in [0.25, 0.3) is 0 Å². The van der Waals surface area contributed by atoms with Gasteiger partial charge < -0.3 is 14.7 Å². The quantitative estimate of drug-likeness (QED) is 0.905. The molecule has 21 heavy (non-hydrogen) atoms. The molecule has 4 nitrogen and oxygen atoms in total. The Bertz CT molecular complexity index is 509. The average Bonchev–Trinajstić information content (AvgIpc) is 2.89. The summed E-state index contributed by atoms with van der Waals surface area (Å²) in [6.07, 6.45) is 4.26. The Balaban J connectivity index is 1.63. The number of benzene rings is 1. The van der Waals surface area contributed by atoms with Gasteiger partial charge in [0.2, 0.25) is 0 Å². The zero-order valence-electron chi connectivity index (χ0n) is 12.4. The van der Waals surface area contributed by atoms with E-state index in [4.69, 9.17) is 9.84 Å². The number of hydrogen-bond donors (Lipinski definition) is 1. The summed E-state index contributed by atoms with van der Waals surface area (Å²) in [7, 11) is 0. The number of anilines is 1. The van der Waals surface area contributed by atoms with Crippen molar-refractivity contribution in [2.24, 2.45) is 5.92 Å². The van der Waals surface area contributed by atoms with Crippen molar-refractivity contribution < 1.29 is 14.6 Å². The summed E-state index contributed by atoms with van der Waals surface area (Å²) in [5.74, 6) is 0.0213. The third-order valence-corrected chi connectivity index (χ3v) is 4.58. The lowest BCUT2D eigenvalue weighted by Crippen LogP contribution is -2.31. The number of rotatable bonds is 5. The lowest BCUT2D eigenvalue weighted by atomic mass is 9.99. The van der Waals surface area contributed by atoms with Crippen LogP contribution in [0.15, 0.2) is 18.2 Å². The van der Waals surface area contributed by atoms with Crippen molar-refractivity contribution in [1.82, 2.24) is 0 Å². The third kappa shape index (κ3) is 3.56. The van der Waals surface area contributed by atoms with Gasteiger partial charge in [-0.15, -0.1) is 0 Å². The van der Waals surface area contributed by atoms with E-state index < -0.39 is 5.97 Å². The second-order valence-electron chi connectivity index (χ2n) is 6.11. The van der Waals surface area contributed by atoms with Crippen molar-refractivity contribution in [3.8, 4) is 0 Å². The van der Waals surface area contributed by atoms with Crippen LogP contribution in [0.1, 0.15) is 30.4 Å². The number of hydrogen-bond acceptors (Lipinski definition) is 3. The Morgan fingerprint density at radius 2 is 2.14 bits per heavy atom. The van der Waals surface area contributed by atoms with Gasteiger partial charge in [0.15, 0.2) is 0 Å². The van der Waals surface area contributed by atoms with E-state index in [2.05, 4.69) is 23.1 Å². The first-order valence-electron chi connectivity index (χ1n) is 7.88. The van der Waals surface area contributed by atoms with E-state index >= 15 is 0 Å². The fraction of sp³-hybridized carbons (Fsp3) is 0.588. The van der Waals surface area contributed by atoms with Crippen LogP contribution in [0.4, 0.5) is 5.69 Å². The molecule has 2 aliphatic rings. The van der Waals surface area contributed by atoms with Crippen molar-refractivity contribution in [2.45, 2.75) is 32.1 Å². The van der Waals surface area contributed by atoms with Crippen LogP contribution in [0.5, 0.6) is 0 Å². The van der Waals surface area contributed by atoms with Gasteiger partial charge in [0.1, 0.15) is 0 Å². The molecule has 0 bridgehead atoms. The van der Waals surface area contributed by atoms with Crippen LogP contribution in [0.3, 0.4) is 0 Å². The highest BCUT2D eigenvalue weighted by Gasteiger charge is 2.23. The first-order chi connectivity index (χ1) is 10.2. The van der Waals surface area contributed by atoms with E-state index in [0.29, 0.717) is 6.42 Å². The zero-order chi connectivity index (χ0) is 14.7. The molecule has 0 aliphatic carbocycles. The fourth-order valence-electron chi connectivity index (χ4n) is 3.36. The Morgan fingerprint density at radius 3 is 2.90 bits per heavy atom. The molecule has 0 unspecified atom stereocenters. The number of aliphatic carboxylic acids is 1. The summed E-state index contributed by atoms with van der Waals surface area (Å²) >= 11 is 0. The Kier molecular flexibility index (Phi) is 4.44. The van der Waals surface area contributed by atoms with E-state index in [9.17, 15) is 4.79 Å². The van der Waals surface area contributed by atoms with E-state index in [-0.39, 0.29) is 6.42 Å². The maximum Gasteiger partial charge on any atom is 0.303 e. The maximum atomic E-state index is 10.7. The second kappa shape index (κ2) is 6.48. The molecule has 0 saturated carbocycles. The summed E-state index contributed by atoms with van der Waals surface area (Å²) in [4.78, 5) is 13.2. The number of carboxylic acids is 1. The summed E-state index contributed by atoms with van der Waals surface area (Å²) in [6.45, 7) is 4.03. The first-order valence-corrected chi connectivity index (χ1v) is 7.88. The van der Waals surface area contributed by atoms with E-state index in [0.717, 1.165) is 44.2 Å². The Hall–Kier alpha value is -1.55. The van der Waals surface area contributed by atoms with Gasteiger partial charge in [-0.05, 0) is 48.8 Å². The average molecular weight is 289 g/mol.